The van der Waals surface area contributed by atoms with Crippen molar-refractivity contribution >= 4 is 11.7 Å². The number of halogens is 1. The number of aliphatic hydroxyl groups excluding tert-OH is 1. The van der Waals surface area contributed by atoms with Gasteiger partial charge in [0.05, 0.1) is 0 Å². The Morgan fingerprint density at radius 3 is 2.71 bits per heavy atom. The summed E-state index contributed by atoms with van der Waals surface area (Å²) in [6.45, 7) is 3.06. The molecule has 1 amide bonds. The molecule has 21 heavy (non-hydrogen) atoms. The lowest BCUT2D eigenvalue weighted by atomic mass is 10.1. The first-order chi connectivity index (χ1) is 10.1. The highest BCUT2D eigenvalue weighted by atomic mass is 19.1. The van der Waals surface area contributed by atoms with Crippen molar-refractivity contribution in [2.75, 3.05) is 13.1 Å². The zero-order chi connectivity index (χ0) is 15.2. The van der Waals surface area contributed by atoms with Crippen LogP contribution >= 0.6 is 0 Å². The zero-order valence-corrected chi connectivity index (χ0v) is 11.8. The van der Waals surface area contributed by atoms with E-state index in [1.807, 2.05) is 0 Å². The molecule has 6 heteroatoms. The standard InChI is InChI=1S/C15H18FN3O2/c1-10(20)13(14-17-7-2-8-18-14)15(21)19-9-11-3-5-12(16)6-4-11/h3-6,20H,2,7-9H2,1H3,(H,17,18)(H,19,21)/b13-10-. The molecule has 0 saturated heterocycles. The minimum Gasteiger partial charge on any atom is -0.512 e. The van der Waals surface area contributed by atoms with Crippen LogP contribution in [0.15, 0.2) is 40.6 Å². The van der Waals surface area contributed by atoms with Gasteiger partial charge in [0, 0.05) is 19.6 Å². The van der Waals surface area contributed by atoms with Gasteiger partial charge >= 0.3 is 0 Å². The van der Waals surface area contributed by atoms with Crippen molar-refractivity contribution in [3.05, 3.63) is 47.0 Å². The van der Waals surface area contributed by atoms with E-state index >= 15 is 0 Å². The summed E-state index contributed by atoms with van der Waals surface area (Å²) in [5, 5.41) is 15.4. The van der Waals surface area contributed by atoms with Crippen LogP contribution in [0.1, 0.15) is 18.9 Å². The van der Waals surface area contributed by atoms with Gasteiger partial charge in [0.2, 0.25) is 0 Å². The molecular formula is C15H18FN3O2. The van der Waals surface area contributed by atoms with Crippen molar-refractivity contribution < 1.29 is 14.3 Å². The van der Waals surface area contributed by atoms with Gasteiger partial charge in [0.15, 0.2) is 0 Å². The van der Waals surface area contributed by atoms with Crippen LogP contribution in [0.25, 0.3) is 0 Å². The molecule has 0 saturated carbocycles. The fraction of sp³-hybridized carbons (Fsp3) is 0.333. The number of carbonyl (C=O) groups is 1. The quantitative estimate of drug-likeness (QED) is 0.583. The monoisotopic (exact) mass is 291 g/mol. The van der Waals surface area contributed by atoms with Crippen molar-refractivity contribution in [3.63, 3.8) is 0 Å². The average Bonchev–Trinajstić information content (AvgIpc) is 2.47. The van der Waals surface area contributed by atoms with Gasteiger partial charge in [-0.15, -0.1) is 0 Å². The first-order valence-corrected chi connectivity index (χ1v) is 6.79. The second-order valence-corrected chi connectivity index (χ2v) is 4.78. The van der Waals surface area contributed by atoms with E-state index in [1.165, 1.54) is 19.1 Å². The lowest BCUT2D eigenvalue weighted by Crippen LogP contribution is -2.38. The van der Waals surface area contributed by atoms with E-state index in [-0.39, 0.29) is 23.7 Å². The molecular weight excluding hydrogens is 273 g/mol. The fourth-order valence-corrected chi connectivity index (χ4v) is 2.02. The Hall–Kier alpha value is -2.37. The summed E-state index contributed by atoms with van der Waals surface area (Å²) >= 11 is 0. The van der Waals surface area contributed by atoms with Crippen LogP contribution in [0, 0.1) is 5.82 Å². The molecule has 0 bridgehead atoms. The van der Waals surface area contributed by atoms with Crippen LogP contribution < -0.4 is 10.6 Å². The second kappa shape index (κ2) is 6.88. The number of amidine groups is 1. The average molecular weight is 291 g/mol. The van der Waals surface area contributed by atoms with Gasteiger partial charge in [-0.2, -0.15) is 0 Å². The number of aliphatic hydroxyl groups is 1. The molecule has 2 rings (SSSR count). The molecule has 0 atom stereocenters. The molecule has 0 spiro atoms. The summed E-state index contributed by atoms with van der Waals surface area (Å²) in [6.07, 6.45) is 0.901. The van der Waals surface area contributed by atoms with E-state index in [9.17, 15) is 14.3 Å². The predicted molar refractivity (Wildman–Crippen MR) is 78.5 cm³/mol. The van der Waals surface area contributed by atoms with Crippen LogP contribution in [-0.4, -0.2) is 29.9 Å². The van der Waals surface area contributed by atoms with E-state index < -0.39 is 5.91 Å². The second-order valence-electron chi connectivity index (χ2n) is 4.78. The number of nitrogens with one attached hydrogen (secondary N) is 2. The summed E-state index contributed by atoms with van der Waals surface area (Å²) in [5.41, 5.74) is 0.926. The Bertz CT molecular complexity index is 575. The third-order valence-electron chi connectivity index (χ3n) is 3.09. The Morgan fingerprint density at radius 2 is 2.14 bits per heavy atom. The third kappa shape index (κ3) is 4.05. The largest absolute Gasteiger partial charge is 0.512 e. The lowest BCUT2D eigenvalue weighted by Gasteiger charge is -2.17. The number of amides is 1. The number of benzene rings is 1. The molecule has 1 aliphatic heterocycles. The summed E-state index contributed by atoms with van der Waals surface area (Å²) in [5.74, 6) is -0.400. The summed E-state index contributed by atoms with van der Waals surface area (Å²) in [7, 11) is 0. The Labute approximate surface area is 122 Å². The number of nitrogens with zero attached hydrogens (tertiary/aromatic N) is 1. The minimum absolute atomic E-state index is 0.0836. The van der Waals surface area contributed by atoms with Crippen LogP contribution in [0.3, 0.4) is 0 Å². The van der Waals surface area contributed by atoms with E-state index in [2.05, 4.69) is 15.6 Å². The molecule has 1 aliphatic rings. The van der Waals surface area contributed by atoms with Crippen LogP contribution in [0.4, 0.5) is 4.39 Å². The van der Waals surface area contributed by atoms with Crippen molar-refractivity contribution in [2.24, 2.45) is 4.99 Å². The molecule has 0 fully saturated rings. The first-order valence-electron chi connectivity index (χ1n) is 6.79. The fourth-order valence-electron chi connectivity index (χ4n) is 2.02. The van der Waals surface area contributed by atoms with Gasteiger partial charge in [0.25, 0.3) is 5.91 Å². The lowest BCUT2D eigenvalue weighted by molar-refractivity contribution is -0.117. The maximum Gasteiger partial charge on any atom is 0.258 e. The van der Waals surface area contributed by atoms with E-state index in [0.29, 0.717) is 12.4 Å². The predicted octanol–water partition coefficient (Wildman–Crippen LogP) is 1.67. The smallest absolute Gasteiger partial charge is 0.258 e. The zero-order valence-electron chi connectivity index (χ0n) is 11.8. The van der Waals surface area contributed by atoms with Gasteiger partial charge in [-0.05, 0) is 31.0 Å². The van der Waals surface area contributed by atoms with Crippen LogP contribution in [0.5, 0.6) is 0 Å². The topological polar surface area (TPSA) is 73.7 Å². The molecule has 0 radical (unpaired) electrons. The molecule has 1 aromatic rings. The Balaban J connectivity index is 2.04. The van der Waals surface area contributed by atoms with Crippen molar-refractivity contribution in [1.82, 2.24) is 10.6 Å². The Morgan fingerprint density at radius 1 is 1.43 bits per heavy atom. The number of carbonyl (C=O) groups excluding carboxylic acids is 1. The number of allylic oxidation sites excluding steroid dienone is 1. The van der Waals surface area contributed by atoms with Crippen LogP contribution in [0.2, 0.25) is 0 Å². The maximum atomic E-state index is 12.8. The van der Waals surface area contributed by atoms with Crippen molar-refractivity contribution in [1.29, 1.82) is 0 Å². The van der Waals surface area contributed by atoms with Crippen molar-refractivity contribution in [3.8, 4) is 0 Å². The molecule has 3 N–H and O–H groups in total. The third-order valence-corrected chi connectivity index (χ3v) is 3.09. The summed E-state index contributed by atoms with van der Waals surface area (Å²) in [4.78, 5) is 16.4. The molecule has 5 nitrogen and oxygen atoms in total. The minimum atomic E-state index is -0.410. The molecule has 112 valence electrons. The van der Waals surface area contributed by atoms with Crippen molar-refractivity contribution in [2.45, 2.75) is 19.9 Å². The molecule has 1 heterocycles. The SMILES string of the molecule is C/C(O)=C(/C(=O)NCc1ccc(F)cc1)C1=NCCCN1. The maximum absolute atomic E-state index is 12.8. The van der Waals surface area contributed by atoms with E-state index in [4.69, 9.17) is 0 Å². The number of aliphatic imine (C=N–C) groups is 1. The van der Waals surface area contributed by atoms with Gasteiger partial charge in [0.1, 0.15) is 23.0 Å². The number of hydrogen-bond donors (Lipinski definition) is 3. The number of rotatable bonds is 4. The van der Waals surface area contributed by atoms with E-state index in [0.717, 1.165) is 18.5 Å². The van der Waals surface area contributed by atoms with Gasteiger partial charge < -0.3 is 15.7 Å². The Kier molecular flexibility index (Phi) is 4.92. The molecule has 0 aliphatic carbocycles. The normalized spacial score (nSPS) is 15.6. The number of hydrogen-bond acceptors (Lipinski definition) is 4. The highest BCUT2D eigenvalue weighted by Crippen LogP contribution is 2.08. The highest BCUT2D eigenvalue weighted by molar-refractivity contribution is 6.21. The van der Waals surface area contributed by atoms with Gasteiger partial charge in [-0.25, -0.2) is 4.39 Å². The van der Waals surface area contributed by atoms with Gasteiger partial charge in [-0.1, -0.05) is 12.1 Å². The summed E-state index contributed by atoms with van der Waals surface area (Å²) in [6, 6.07) is 5.87. The molecule has 0 aromatic heterocycles. The highest BCUT2D eigenvalue weighted by Gasteiger charge is 2.20. The molecule has 1 aromatic carbocycles. The molecule has 0 unspecified atom stereocenters. The first kappa shape index (κ1) is 15.0. The van der Waals surface area contributed by atoms with Crippen LogP contribution in [-0.2, 0) is 11.3 Å². The van der Waals surface area contributed by atoms with Gasteiger partial charge in [-0.3, -0.25) is 9.79 Å². The van der Waals surface area contributed by atoms with E-state index in [1.54, 1.807) is 12.1 Å². The summed E-state index contributed by atoms with van der Waals surface area (Å²) < 4.78 is 12.8.